The first-order valence-corrected chi connectivity index (χ1v) is 4.92. The monoisotopic (exact) mass is 235 g/mol. The third-order valence-corrected chi connectivity index (χ3v) is 2.07. The van der Waals surface area contributed by atoms with Crippen LogP contribution >= 0.6 is 0 Å². The van der Waals surface area contributed by atoms with E-state index in [2.05, 4.69) is 4.99 Å². The number of hydrogen-bond acceptors (Lipinski definition) is 3. The Balaban J connectivity index is 3.21. The van der Waals surface area contributed by atoms with Gasteiger partial charge < -0.3 is 4.90 Å². The summed E-state index contributed by atoms with van der Waals surface area (Å²) in [6, 6.07) is 4.48. The second-order valence-electron chi connectivity index (χ2n) is 3.74. The molecule has 0 aliphatic heterocycles. The maximum atomic E-state index is 11.8. The van der Waals surface area contributed by atoms with Crippen LogP contribution in [-0.2, 0) is 0 Å². The van der Waals surface area contributed by atoms with Gasteiger partial charge in [0.1, 0.15) is 5.56 Å². The molecule has 0 spiro atoms. The highest BCUT2D eigenvalue weighted by molar-refractivity contribution is 6.03. The Kier molecular flexibility index (Phi) is 3.92. The second kappa shape index (κ2) is 5.20. The lowest BCUT2D eigenvalue weighted by Gasteiger charge is -2.04. The van der Waals surface area contributed by atoms with E-state index in [0.29, 0.717) is 5.56 Å². The maximum absolute atomic E-state index is 11.8. The first-order chi connectivity index (χ1) is 7.93. The molecule has 0 N–H and O–H groups in total. The van der Waals surface area contributed by atoms with Crippen LogP contribution in [0.3, 0.4) is 0 Å². The topological polar surface area (TPSA) is 75.8 Å². The lowest BCUT2D eigenvalue weighted by molar-refractivity contribution is -0.385. The van der Waals surface area contributed by atoms with Crippen molar-refractivity contribution in [1.82, 2.24) is 4.90 Å². The summed E-state index contributed by atoms with van der Waals surface area (Å²) in [4.78, 5) is 27.2. The molecule has 17 heavy (non-hydrogen) atoms. The first-order valence-electron chi connectivity index (χ1n) is 4.92. The Morgan fingerprint density at radius 3 is 2.65 bits per heavy atom. The molecule has 1 aromatic carbocycles. The molecule has 0 atom stereocenters. The molecule has 0 aliphatic rings. The number of carbonyl (C=O) groups excluding carboxylic acids is 1. The number of rotatable bonds is 3. The minimum Gasteiger partial charge on any atom is -0.369 e. The van der Waals surface area contributed by atoms with E-state index in [9.17, 15) is 14.9 Å². The molecule has 0 heterocycles. The molecule has 90 valence electrons. The fraction of sp³-hybridized carbons (Fsp3) is 0.273. The number of nitrogens with zero attached hydrogens (tertiary/aromatic N) is 3. The van der Waals surface area contributed by atoms with Crippen LogP contribution in [0.1, 0.15) is 15.9 Å². The van der Waals surface area contributed by atoms with Crippen LogP contribution in [0.4, 0.5) is 5.69 Å². The Hall–Kier alpha value is -2.24. The number of benzene rings is 1. The summed E-state index contributed by atoms with van der Waals surface area (Å²) in [7, 11) is 3.42. The number of amides is 1. The second-order valence-corrected chi connectivity index (χ2v) is 3.74. The SMILES string of the molecule is Cc1cccc([N+](=O)[O-])c1C(=O)N=CN(C)C. The van der Waals surface area contributed by atoms with Crippen molar-refractivity contribution in [3.05, 3.63) is 39.4 Å². The van der Waals surface area contributed by atoms with Gasteiger partial charge in [-0.25, -0.2) is 0 Å². The van der Waals surface area contributed by atoms with Gasteiger partial charge in [-0.15, -0.1) is 0 Å². The van der Waals surface area contributed by atoms with E-state index < -0.39 is 10.8 Å². The number of aryl methyl sites for hydroxylation is 1. The summed E-state index contributed by atoms with van der Waals surface area (Å²) in [6.07, 6.45) is 1.32. The normalized spacial score (nSPS) is 10.5. The van der Waals surface area contributed by atoms with E-state index in [0.717, 1.165) is 0 Å². The van der Waals surface area contributed by atoms with Gasteiger partial charge in [-0.3, -0.25) is 14.9 Å². The van der Waals surface area contributed by atoms with Crippen LogP contribution in [0, 0.1) is 17.0 Å². The fourth-order valence-electron chi connectivity index (χ4n) is 1.32. The van der Waals surface area contributed by atoms with Gasteiger partial charge >= 0.3 is 0 Å². The predicted molar refractivity (Wildman–Crippen MR) is 64.3 cm³/mol. The third-order valence-electron chi connectivity index (χ3n) is 2.07. The number of nitro benzene ring substituents is 1. The summed E-state index contributed by atoms with van der Waals surface area (Å²) < 4.78 is 0. The molecule has 6 nitrogen and oxygen atoms in total. The van der Waals surface area contributed by atoms with E-state index in [-0.39, 0.29) is 11.3 Å². The van der Waals surface area contributed by atoms with Crippen LogP contribution in [0.25, 0.3) is 0 Å². The van der Waals surface area contributed by atoms with Crippen molar-refractivity contribution in [2.24, 2.45) is 4.99 Å². The minimum atomic E-state index is -0.608. The standard InChI is InChI=1S/C11H13N3O3/c1-8-5-4-6-9(14(16)17)10(8)11(15)12-7-13(2)3/h4-7H,1-3H3. The van der Waals surface area contributed by atoms with Crippen molar-refractivity contribution >= 4 is 17.9 Å². The number of nitro groups is 1. The summed E-state index contributed by atoms with van der Waals surface area (Å²) in [5, 5.41) is 10.8. The molecule has 0 unspecified atom stereocenters. The highest BCUT2D eigenvalue weighted by Gasteiger charge is 2.21. The van der Waals surface area contributed by atoms with Crippen molar-refractivity contribution in [2.45, 2.75) is 6.92 Å². The highest BCUT2D eigenvalue weighted by Crippen LogP contribution is 2.22. The minimum absolute atomic E-state index is 0.0376. The van der Waals surface area contributed by atoms with Gasteiger partial charge in [0, 0.05) is 20.2 Å². The Bertz CT molecular complexity index is 481. The van der Waals surface area contributed by atoms with Gasteiger partial charge in [-0.2, -0.15) is 4.99 Å². The van der Waals surface area contributed by atoms with E-state index >= 15 is 0 Å². The van der Waals surface area contributed by atoms with Crippen molar-refractivity contribution in [2.75, 3.05) is 14.1 Å². The molecule has 0 bridgehead atoms. The zero-order valence-electron chi connectivity index (χ0n) is 9.88. The maximum Gasteiger partial charge on any atom is 0.285 e. The summed E-state index contributed by atoms with van der Waals surface area (Å²) in [5.41, 5.74) is 0.363. The number of aliphatic imine (C=N–C) groups is 1. The zero-order chi connectivity index (χ0) is 13.0. The molecule has 0 saturated heterocycles. The average molecular weight is 235 g/mol. The molecule has 0 radical (unpaired) electrons. The van der Waals surface area contributed by atoms with E-state index in [1.54, 1.807) is 38.1 Å². The smallest absolute Gasteiger partial charge is 0.285 e. The van der Waals surface area contributed by atoms with Crippen LogP contribution in [0.5, 0.6) is 0 Å². The molecule has 1 rings (SSSR count). The predicted octanol–water partition coefficient (Wildman–Crippen LogP) is 1.63. The fourth-order valence-corrected chi connectivity index (χ4v) is 1.32. The van der Waals surface area contributed by atoms with Gasteiger partial charge in [-0.05, 0) is 12.5 Å². The van der Waals surface area contributed by atoms with Crippen LogP contribution in [0.2, 0.25) is 0 Å². The van der Waals surface area contributed by atoms with E-state index in [4.69, 9.17) is 0 Å². The molecular formula is C11H13N3O3. The molecule has 1 amide bonds. The van der Waals surface area contributed by atoms with Gasteiger partial charge in [0.2, 0.25) is 0 Å². The quantitative estimate of drug-likeness (QED) is 0.345. The third kappa shape index (κ3) is 3.10. The Labute approximate surface area is 98.7 Å². The lowest BCUT2D eigenvalue weighted by Crippen LogP contribution is -2.11. The Morgan fingerprint density at radius 2 is 2.12 bits per heavy atom. The lowest BCUT2D eigenvalue weighted by atomic mass is 10.1. The molecular weight excluding hydrogens is 222 g/mol. The van der Waals surface area contributed by atoms with Crippen LogP contribution in [0.15, 0.2) is 23.2 Å². The number of carbonyl (C=O) groups is 1. The molecule has 0 saturated carbocycles. The number of hydrogen-bond donors (Lipinski definition) is 0. The summed E-state index contributed by atoms with van der Waals surface area (Å²) in [6.45, 7) is 1.64. The molecule has 0 aromatic heterocycles. The van der Waals surface area contributed by atoms with Crippen molar-refractivity contribution in [1.29, 1.82) is 0 Å². The summed E-state index contributed by atoms with van der Waals surface area (Å²) in [5.74, 6) is -0.608. The average Bonchev–Trinajstić information content (AvgIpc) is 2.25. The molecule has 1 aromatic rings. The van der Waals surface area contributed by atoms with Crippen molar-refractivity contribution in [3.63, 3.8) is 0 Å². The molecule has 6 heteroatoms. The summed E-state index contributed by atoms with van der Waals surface area (Å²) >= 11 is 0. The largest absolute Gasteiger partial charge is 0.369 e. The van der Waals surface area contributed by atoms with E-state index in [1.165, 1.54) is 12.4 Å². The van der Waals surface area contributed by atoms with Gasteiger partial charge in [0.05, 0.1) is 11.3 Å². The van der Waals surface area contributed by atoms with Gasteiger partial charge in [-0.1, -0.05) is 12.1 Å². The molecule has 0 aliphatic carbocycles. The van der Waals surface area contributed by atoms with Crippen molar-refractivity contribution in [3.8, 4) is 0 Å². The highest BCUT2D eigenvalue weighted by atomic mass is 16.6. The van der Waals surface area contributed by atoms with Crippen molar-refractivity contribution < 1.29 is 9.72 Å². The first kappa shape index (κ1) is 12.8. The van der Waals surface area contributed by atoms with Gasteiger partial charge in [0.25, 0.3) is 11.6 Å². The molecule has 0 fully saturated rings. The van der Waals surface area contributed by atoms with Gasteiger partial charge in [0.15, 0.2) is 0 Å². The van der Waals surface area contributed by atoms with Crippen LogP contribution < -0.4 is 0 Å². The van der Waals surface area contributed by atoms with E-state index in [1.807, 2.05) is 0 Å². The Morgan fingerprint density at radius 1 is 1.47 bits per heavy atom. The zero-order valence-corrected chi connectivity index (χ0v) is 9.88. The van der Waals surface area contributed by atoms with Crippen LogP contribution in [-0.4, -0.2) is 36.2 Å².